The Balaban J connectivity index is 1.26. The summed E-state index contributed by atoms with van der Waals surface area (Å²) in [5.74, 6) is 1.09. The van der Waals surface area contributed by atoms with Crippen LogP contribution in [0.2, 0.25) is 0 Å². The van der Waals surface area contributed by atoms with Gasteiger partial charge in [-0.1, -0.05) is 0 Å². The number of aromatic nitrogens is 1. The molecule has 3 heterocycles. The maximum Gasteiger partial charge on any atom is 0.243 e. The second-order valence-electron chi connectivity index (χ2n) is 7.68. The molecule has 1 aliphatic rings. The summed E-state index contributed by atoms with van der Waals surface area (Å²) in [5.41, 5.74) is 2.46. The van der Waals surface area contributed by atoms with Crippen LogP contribution in [0.3, 0.4) is 0 Å². The number of rotatable bonds is 7. The molecule has 4 rings (SSSR count). The maximum atomic E-state index is 12.5. The van der Waals surface area contributed by atoms with Crippen LogP contribution >= 0.6 is 11.3 Å². The normalized spacial score (nSPS) is 13.8. The Kier molecular flexibility index (Phi) is 6.87. The lowest BCUT2D eigenvalue weighted by Gasteiger charge is -2.28. The molecule has 0 atom stereocenters. The molecule has 3 aromatic rings. The van der Waals surface area contributed by atoms with Crippen LogP contribution in [0.5, 0.6) is 0 Å². The van der Waals surface area contributed by atoms with Gasteiger partial charge in [0.2, 0.25) is 11.8 Å². The van der Waals surface area contributed by atoms with E-state index in [9.17, 15) is 9.59 Å². The second kappa shape index (κ2) is 9.97. The number of morpholine rings is 1. The van der Waals surface area contributed by atoms with Crippen molar-refractivity contribution in [1.82, 2.24) is 9.88 Å². The zero-order valence-electron chi connectivity index (χ0n) is 18.2. The lowest BCUT2D eigenvalue weighted by molar-refractivity contribution is -0.132. The average Bonchev–Trinajstić information content (AvgIpc) is 3.43. The molecule has 32 heavy (non-hydrogen) atoms. The van der Waals surface area contributed by atoms with Crippen molar-refractivity contribution in [1.29, 1.82) is 0 Å². The van der Waals surface area contributed by atoms with Crippen LogP contribution in [0.25, 0.3) is 10.8 Å². The largest absolute Gasteiger partial charge is 0.459 e. The first-order valence-corrected chi connectivity index (χ1v) is 11.3. The van der Waals surface area contributed by atoms with Gasteiger partial charge in [0.15, 0.2) is 10.8 Å². The van der Waals surface area contributed by atoms with Gasteiger partial charge in [0.05, 0.1) is 31.9 Å². The number of carbonyl (C=O) groups is 2. The number of amides is 2. The summed E-state index contributed by atoms with van der Waals surface area (Å²) in [6.07, 6.45) is 0.133. The lowest BCUT2D eigenvalue weighted by Crippen LogP contribution is -2.36. The molecule has 1 aliphatic heterocycles. The summed E-state index contributed by atoms with van der Waals surface area (Å²) >= 11 is 1.43. The van der Waals surface area contributed by atoms with Crippen LogP contribution in [0, 0.1) is 6.92 Å². The van der Waals surface area contributed by atoms with Gasteiger partial charge in [-0.15, -0.1) is 11.3 Å². The second-order valence-corrected chi connectivity index (χ2v) is 8.53. The number of aryl methyl sites for hydroxylation is 1. The van der Waals surface area contributed by atoms with Crippen molar-refractivity contribution in [2.75, 3.05) is 50.1 Å². The number of furan rings is 1. The van der Waals surface area contributed by atoms with Crippen molar-refractivity contribution < 1.29 is 18.7 Å². The van der Waals surface area contributed by atoms with Crippen LogP contribution in [0.4, 0.5) is 11.4 Å². The van der Waals surface area contributed by atoms with Crippen molar-refractivity contribution in [2.45, 2.75) is 13.3 Å². The van der Waals surface area contributed by atoms with Gasteiger partial charge in [-0.3, -0.25) is 9.59 Å². The lowest BCUT2D eigenvalue weighted by atomic mass is 10.2. The molecule has 0 bridgehead atoms. The Bertz CT molecular complexity index is 1070. The molecule has 1 aromatic carbocycles. The number of nitrogens with one attached hydrogen (secondary N) is 1. The molecule has 0 aliphatic carbocycles. The third-order valence-electron chi connectivity index (χ3n) is 5.17. The highest BCUT2D eigenvalue weighted by atomic mass is 32.1. The van der Waals surface area contributed by atoms with Crippen LogP contribution in [-0.2, 0) is 20.7 Å². The molecule has 1 fully saturated rings. The third kappa shape index (κ3) is 5.54. The van der Waals surface area contributed by atoms with Crippen LogP contribution in [0.1, 0.15) is 11.5 Å². The summed E-state index contributed by atoms with van der Waals surface area (Å²) in [6.45, 7) is 5.02. The number of thiazole rings is 1. The minimum Gasteiger partial charge on any atom is -0.459 e. The van der Waals surface area contributed by atoms with Crippen molar-refractivity contribution in [3.63, 3.8) is 0 Å². The molecule has 0 unspecified atom stereocenters. The highest BCUT2D eigenvalue weighted by Crippen LogP contribution is 2.26. The summed E-state index contributed by atoms with van der Waals surface area (Å²) in [4.78, 5) is 33.1. The number of hydrogen-bond acceptors (Lipinski definition) is 7. The first-order chi connectivity index (χ1) is 15.5. The van der Waals surface area contributed by atoms with Gasteiger partial charge in [-0.25, -0.2) is 4.98 Å². The van der Waals surface area contributed by atoms with E-state index in [0.717, 1.165) is 42.8 Å². The first-order valence-electron chi connectivity index (χ1n) is 10.5. The zero-order valence-corrected chi connectivity index (χ0v) is 19.0. The molecule has 0 spiro atoms. The number of ether oxygens (including phenoxy) is 1. The summed E-state index contributed by atoms with van der Waals surface area (Å²) in [6, 6.07) is 11.5. The Labute approximate surface area is 190 Å². The van der Waals surface area contributed by atoms with Crippen molar-refractivity contribution in [2.24, 2.45) is 0 Å². The zero-order chi connectivity index (χ0) is 22.5. The molecule has 8 nitrogen and oxygen atoms in total. The Morgan fingerprint density at radius 1 is 1.16 bits per heavy atom. The fourth-order valence-corrected chi connectivity index (χ4v) is 4.20. The highest BCUT2D eigenvalue weighted by molar-refractivity contribution is 7.13. The quantitative estimate of drug-likeness (QED) is 0.590. The van der Waals surface area contributed by atoms with E-state index in [1.807, 2.05) is 48.7 Å². The van der Waals surface area contributed by atoms with E-state index in [1.54, 1.807) is 7.05 Å². The van der Waals surface area contributed by atoms with Crippen LogP contribution in [0.15, 0.2) is 46.2 Å². The molecule has 0 saturated carbocycles. The molecule has 2 amide bonds. The Morgan fingerprint density at radius 3 is 2.59 bits per heavy atom. The highest BCUT2D eigenvalue weighted by Gasteiger charge is 2.17. The predicted octanol–water partition coefficient (Wildman–Crippen LogP) is 3.19. The van der Waals surface area contributed by atoms with E-state index < -0.39 is 0 Å². The third-order valence-corrected chi connectivity index (χ3v) is 6.07. The van der Waals surface area contributed by atoms with E-state index in [0.29, 0.717) is 17.1 Å². The Morgan fingerprint density at radius 2 is 1.91 bits per heavy atom. The molecule has 1 N–H and O–H groups in total. The molecule has 9 heteroatoms. The monoisotopic (exact) mass is 454 g/mol. The van der Waals surface area contributed by atoms with Gasteiger partial charge in [0.1, 0.15) is 5.76 Å². The van der Waals surface area contributed by atoms with Gasteiger partial charge in [0.25, 0.3) is 0 Å². The summed E-state index contributed by atoms with van der Waals surface area (Å²) in [5, 5.41) is 5.43. The topological polar surface area (TPSA) is 87.9 Å². The molecular formula is C23H26N4O4S. The standard InChI is InChI=1S/C23H26N4O4S/c1-16-3-8-20(31-16)23-25-18(15-32-23)13-22(29)26(2)14-21(28)24-17-4-6-19(7-5-17)27-9-11-30-12-10-27/h3-8,15H,9-14H2,1-2H3,(H,24,28). The summed E-state index contributed by atoms with van der Waals surface area (Å²) in [7, 11) is 1.62. The van der Waals surface area contributed by atoms with Crippen molar-refractivity contribution in [3.8, 4) is 10.8 Å². The number of nitrogens with zero attached hydrogens (tertiary/aromatic N) is 3. The van der Waals surface area contributed by atoms with Crippen LogP contribution < -0.4 is 10.2 Å². The smallest absolute Gasteiger partial charge is 0.243 e. The van der Waals surface area contributed by atoms with E-state index in [4.69, 9.17) is 9.15 Å². The predicted molar refractivity (Wildman–Crippen MR) is 124 cm³/mol. The number of likely N-dealkylation sites (N-methyl/N-ethyl adjacent to an activating group) is 1. The van der Waals surface area contributed by atoms with E-state index in [1.165, 1.54) is 16.2 Å². The van der Waals surface area contributed by atoms with Crippen molar-refractivity contribution >= 4 is 34.5 Å². The molecular weight excluding hydrogens is 428 g/mol. The fraction of sp³-hybridized carbons (Fsp3) is 0.348. The minimum absolute atomic E-state index is 0.0293. The molecule has 0 radical (unpaired) electrons. The van der Waals surface area contributed by atoms with Gasteiger partial charge in [0, 0.05) is 36.9 Å². The van der Waals surface area contributed by atoms with E-state index in [-0.39, 0.29) is 24.8 Å². The van der Waals surface area contributed by atoms with Crippen LogP contribution in [-0.4, -0.2) is 61.6 Å². The van der Waals surface area contributed by atoms with Gasteiger partial charge in [-0.05, 0) is 43.3 Å². The first kappa shape index (κ1) is 22.0. The number of benzene rings is 1. The molecule has 168 valence electrons. The Hall–Kier alpha value is -3.17. The summed E-state index contributed by atoms with van der Waals surface area (Å²) < 4.78 is 11.0. The van der Waals surface area contributed by atoms with Gasteiger partial charge < -0.3 is 24.3 Å². The molecule has 2 aromatic heterocycles. The maximum absolute atomic E-state index is 12.5. The number of anilines is 2. The van der Waals surface area contributed by atoms with Crippen molar-refractivity contribution in [3.05, 3.63) is 53.2 Å². The van der Waals surface area contributed by atoms with Gasteiger partial charge in [-0.2, -0.15) is 0 Å². The number of carbonyl (C=O) groups excluding carboxylic acids is 2. The van der Waals surface area contributed by atoms with E-state index in [2.05, 4.69) is 15.2 Å². The van der Waals surface area contributed by atoms with Gasteiger partial charge >= 0.3 is 0 Å². The van der Waals surface area contributed by atoms with E-state index >= 15 is 0 Å². The fourth-order valence-electron chi connectivity index (χ4n) is 3.42. The average molecular weight is 455 g/mol. The minimum atomic E-state index is -0.245. The SMILES string of the molecule is Cc1ccc(-c2nc(CC(=O)N(C)CC(=O)Nc3ccc(N4CCOCC4)cc3)cs2)o1. The number of hydrogen-bond donors (Lipinski definition) is 1. The molecule has 1 saturated heterocycles.